The lowest BCUT2D eigenvalue weighted by Gasteiger charge is -2.15. The Kier molecular flexibility index (Phi) is 2.70. The molecule has 0 aromatic carbocycles. The molecule has 0 amide bonds. The summed E-state index contributed by atoms with van der Waals surface area (Å²) in [6, 6.07) is 0. The molecule has 0 unspecified atom stereocenters. The fourth-order valence-corrected chi connectivity index (χ4v) is 2.14. The third-order valence-electron chi connectivity index (χ3n) is 3.19. The zero-order chi connectivity index (χ0) is 13.6. The number of imidazole rings is 1. The van der Waals surface area contributed by atoms with Gasteiger partial charge in [0.2, 0.25) is 0 Å². The number of aliphatic hydroxyl groups is 2. The standard InChI is InChI=1S/C11H13N5O3/c1-5-6(2-17)19-11(8(5)18)16-4-15-7-9(12)13-3-14-10(7)16/h3-4,6,8,11,17-18H,1-2H2,(H2,12,13,14)/t6-,8+,11-/m0/s1. The van der Waals surface area contributed by atoms with E-state index in [1.165, 1.54) is 12.7 Å². The number of aliphatic hydroxyl groups excluding tert-OH is 2. The first-order valence-corrected chi connectivity index (χ1v) is 5.69. The van der Waals surface area contributed by atoms with Crippen LogP contribution in [0.1, 0.15) is 6.23 Å². The maximum absolute atomic E-state index is 10.1. The number of aromatic nitrogens is 4. The average molecular weight is 263 g/mol. The number of ether oxygens (including phenoxy) is 1. The van der Waals surface area contributed by atoms with Crippen molar-refractivity contribution in [1.82, 2.24) is 19.5 Å². The van der Waals surface area contributed by atoms with Crippen LogP contribution in [-0.4, -0.2) is 48.5 Å². The molecule has 0 saturated carbocycles. The third kappa shape index (κ3) is 1.69. The molecule has 3 heterocycles. The van der Waals surface area contributed by atoms with E-state index in [-0.39, 0.29) is 12.4 Å². The minimum Gasteiger partial charge on any atom is -0.393 e. The van der Waals surface area contributed by atoms with E-state index in [2.05, 4.69) is 21.5 Å². The molecule has 2 aromatic heterocycles. The molecule has 0 spiro atoms. The van der Waals surface area contributed by atoms with Gasteiger partial charge in [-0.15, -0.1) is 0 Å². The summed E-state index contributed by atoms with van der Waals surface area (Å²) in [5, 5.41) is 19.3. The van der Waals surface area contributed by atoms with E-state index in [1.807, 2.05) is 0 Å². The van der Waals surface area contributed by atoms with Gasteiger partial charge in [-0.25, -0.2) is 15.0 Å². The fourth-order valence-electron chi connectivity index (χ4n) is 2.14. The van der Waals surface area contributed by atoms with E-state index in [0.29, 0.717) is 16.7 Å². The van der Waals surface area contributed by atoms with Gasteiger partial charge in [0.15, 0.2) is 17.7 Å². The summed E-state index contributed by atoms with van der Waals surface area (Å²) in [5.41, 5.74) is 7.03. The van der Waals surface area contributed by atoms with Crippen molar-refractivity contribution in [2.45, 2.75) is 18.4 Å². The van der Waals surface area contributed by atoms with Crippen molar-refractivity contribution in [3.63, 3.8) is 0 Å². The molecule has 1 saturated heterocycles. The maximum atomic E-state index is 10.1. The fraction of sp³-hybridized carbons (Fsp3) is 0.364. The Morgan fingerprint density at radius 1 is 1.42 bits per heavy atom. The first-order chi connectivity index (χ1) is 9.13. The normalized spacial score (nSPS) is 27.3. The quantitative estimate of drug-likeness (QED) is 0.608. The van der Waals surface area contributed by atoms with E-state index in [9.17, 15) is 5.11 Å². The van der Waals surface area contributed by atoms with Crippen LogP contribution in [0.25, 0.3) is 11.2 Å². The first-order valence-electron chi connectivity index (χ1n) is 5.69. The van der Waals surface area contributed by atoms with Gasteiger partial charge in [-0.2, -0.15) is 0 Å². The Morgan fingerprint density at radius 3 is 2.89 bits per heavy atom. The van der Waals surface area contributed by atoms with Gasteiger partial charge in [-0.1, -0.05) is 6.58 Å². The minimum absolute atomic E-state index is 0.240. The second kappa shape index (κ2) is 4.26. The molecule has 1 fully saturated rings. The lowest BCUT2D eigenvalue weighted by molar-refractivity contribution is -0.0483. The molecule has 19 heavy (non-hydrogen) atoms. The SMILES string of the molecule is C=C1[C@H](CO)O[C@H](n2cnc3c(N)ncnc32)[C@@H]1O. The highest BCUT2D eigenvalue weighted by Crippen LogP contribution is 2.34. The van der Waals surface area contributed by atoms with Crippen LogP contribution in [0, 0.1) is 0 Å². The number of nitrogens with zero attached hydrogens (tertiary/aromatic N) is 4. The minimum atomic E-state index is -0.939. The average Bonchev–Trinajstić information content (AvgIpc) is 2.94. The van der Waals surface area contributed by atoms with Crippen molar-refractivity contribution in [3.05, 3.63) is 24.8 Å². The molecular weight excluding hydrogens is 250 g/mol. The van der Waals surface area contributed by atoms with Crippen molar-refractivity contribution in [1.29, 1.82) is 0 Å². The van der Waals surface area contributed by atoms with Crippen LogP contribution in [0.3, 0.4) is 0 Å². The van der Waals surface area contributed by atoms with Crippen LogP contribution < -0.4 is 5.73 Å². The Labute approximate surface area is 108 Å². The van der Waals surface area contributed by atoms with Crippen LogP contribution in [0.15, 0.2) is 24.8 Å². The van der Waals surface area contributed by atoms with Gasteiger partial charge in [0.25, 0.3) is 0 Å². The number of hydrogen-bond donors (Lipinski definition) is 3. The smallest absolute Gasteiger partial charge is 0.167 e. The van der Waals surface area contributed by atoms with E-state index >= 15 is 0 Å². The predicted octanol–water partition coefficient (Wildman–Crippen LogP) is -0.785. The number of fused-ring (bicyclic) bond motifs is 1. The summed E-state index contributed by atoms with van der Waals surface area (Å²) in [4.78, 5) is 12.0. The number of rotatable bonds is 2. The topological polar surface area (TPSA) is 119 Å². The van der Waals surface area contributed by atoms with Crippen LogP contribution >= 0.6 is 0 Å². The summed E-state index contributed by atoms with van der Waals surface area (Å²) in [7, 11) is 0. The van der Waals surface area contributed by atoms with Gasteiger partial charge in [-0.3, -0.25) is 4.57 Å². The highest BCUT2D eigenvalue weighted by atomic mass is 16.5. The molecule has 0 radical (unpaired) electrons. The molecule has 8 heteroatoms. The second-order valence-electron chi connectivity index (χ2n) is 4.30. The molecule has 0 bridgehead atoms. The number of anilines is 1. The summed E-state index contributed by atoms with van der Waals surface area (Å²) in [6.45, 7) is 3.48. The molecule has 4 N–H and O–H groups in total. The Hall–Kier alpha value is -2.03. The molecule has 2 aromatic rings. The molecule has 3 atom stereocenters. The van der Waals surface area contributed by atoms with Crippen LogP contribution in [0.4, 0.5) is 5.82 Å². The number of nitrogens with two attached hydrogens (primary N) is 1. The van der Waals surface area contributed by atoms with Crippen molar-refractivity contribution in [2.75, 3.05) is 12.3 Å². The van der Waals surface area contributed by atoms with Gasteiger partial charge in [0, 0.05) is 0 Å². The lowest BCUT2D eigenvalue weighted by Crippen LogP contribution is -2.20. The highest BCUT2D eigenvalue weighted by molar-refractivity contribution is 5.81. The summed E-state index contributed by atoms with van der Waals surface area (Å²) in [5.74, 6) is 0.258. The third-order valence-corrected chi connectivity index (χ3v) is 3.19. The zero-order valence-electron chi connectivity index (χ0n) is 9.97. The maximum Gasteiger partial charge on any atom is 0.167 e. The van der Waals surface area contributed by atoms with Gasteiger partial charge in [0.05, 0.1) is 12.9 Å². The van der Waals surface area contributed by atoms with E-state index in [0.717, 1.165) is 0 Å². The number of hydrogen-bond acceptors (Lipinski definition) is 7. The number of nitrogen functional groups attached to an aromatic ring is 1. The molecule has 8 nitrogen and oxygen atoms in total. The summed E-state index contributed by atoms with van der Waals surface area (Å²) < 4.78 is 7.10. The van der Waals surface area contributed by atoms with Gasteiger partial charge in [-0.05, 0) is 5.57 Å². The largest absolute Gasteiger partial charge is 0.393 e. The van der Waals surface area contributed by atoms with Crippen molar-refractivity contribution in [2.24, 2.45) is 0 Å². The zero-order valence-corrected chi connectivity index (χ0v) is 9.97. The van der Waals surface area contributed by atoms with Gasteiger partial charge in [0.1, 0.15) is 24.1 Å². The second-order valence-corrected chi connectivity index (χ2v) is 4.30. The van der Waals surface area contributed by atoms with E-state index in [4.69, 9.17) is 15.6 Å². The summed E-state index contributed by atoms with van der Waals surface area (Å²) >= 11 is 0. The van der Waals surface area contributed by atoms with Gasteiger partial charge >= 0.3 is 0 Å². The lowest BCUT2D eigenvalue weighted by atomic mass is 10.1. The van der Waals surface area contributed by atoms with Crippen molar-refractivity contribution < 1.29 is 14.9 Å². The van der Waals surface area contributed by atoms with E-state index < -0.39 is 18.4 Å². The molecule has 100 valence electrons. The molecule has 0 aliphatic carbocycles. The molecule has 1 aliphatic rings. The predicted molar refractivity (Wildman–Crippen MR) is 65.9 cm³/mol. The van der Waals surface area contributed by atoms with Crippen molar-refractivity contribution >= 4 is 17.0 Å². The van der Waals surface area contributed by atoms with Crippen molar-refractivity contribution in [3.8, 4) is 0 Å². The Balaban J connectivity index is 2.06. The Morgan fingerprint density at radius 2 is 2.21 bits per heavy atom. The van der Waals surface area contributed by atoms with E-state index in [1.54, 1.807) is 4.57 Å². The summed E-state index contributed by atoms with van der Waals surface area (Å²) in [6.07, 6.45) is 0.512. The first kappa shape index (κ1) is 12.0. The molecule has 3 rings (SSSR count). The van der Waals surface area contributed by atoms with Crippen LogP contribution in [-0.2, 0) is 4.74 Å². The van der Waals surface area contributed by atoms with Gasteiger partial charge < -0.3 is 20.7 Å². The monoisotopic (exact) mass is 263 g/mol. The Bertz CT molecular complexity index is 640. The van der Waals surface area contributed by atoms with Crippen LogP contribution in [0.5, 0.6) is 0 Å². The van der Waals surface area contributed by atoms with Crippen LogP contribution in [0.2, 0.25) is 0 Å². The highest BCUT2D eigenvalue weighted by Gasteiger charge is 2.39. The molecule has 1 aliphatic heterocycles. The molecular formula is C11H13N5O3.